The van der Waals surface area contributed by atoms with E-state index in [2.05, 4.69) is 0 Å². The van der Waals surface area contributed by atoms with E-state index in [0.29, 0.717) is 18.6 Å². The molecule has 76 valence electrons. The van der Waals surface area contributed by atoms with Gasteiger partial charge >= 0.3 is 5.97 Å². The number of rotatable bonds is 3. The van der Waals surface area contributed by atoms with Crippen LogP contribution in [0.25, 0.3) is 0 Å². The Balaban J connectivity index is 2.94. The maximum Gasteiger partial charge on any atom is 0.338 e. The van der Waals surface area contributed by atoms with E-state index in [4.69, 9.17) is 4.74 Å². The molecule has 0 aliphatic heterocycles. The van der Waals surface area contributed by atoms with Crippen LogP contribution < -0.4 is 0 Å². The molecular weight excluding hydrogens is 180 g/mol. The highest BCUT2D eigenvalue weighted by Gasteiger charge is 2.08. The summed E-state index contributed by atoms with van der Waals surface area (Å²) in [5.41, 5.74) is 1.25. The van der Waals surface area contributed by atoms with Crippen LogP contribution in [0, 0.1) is 0 Å². The van der Waals surface area contributed by atoms with Gasteiger partial charge in [0.2, 0.25) is 0 Å². The van der Waals surface area contributed by atoms with E-state index in [1.54, 1.807) is 19.1 Å². The number of phenols is 1. The summed E-state index contributed by atoms with van der Waals surface area (Å²) in [7, 11) is 0. The molecule has 0 heterocycles. The number of aromatic hydroxyl groups is 1. The minimum atomic E-state index is -0.345. The Hall–Kier alpha value is -1.51. The molecule has 0 bridgehead atoms. The zero-order chi connectivity index (χ0) is 10.6. The molecule has 0 amide bonds. The van der Waals surface area contributed by atoms with Gasteiger partial charge in [-0.3, -0.25) is 0 Å². The third-order valence-corrected chi connectivity index (χ3v) is 1.97. The minimum absolute atomic E-state index is 0.223. The zero-order valence-corrected chi connectivity index (χ0v) is 8.41. The number of carbonyl (C=O) groups is 1. The average Bonchev–Trinajstić information content (AvgIpc) is 2.19. The van der Waals surface area contributed by atoms with Gasteiger partial charge in [-0.1, -0.05) is 6.92 Å². The Bertz CT molecular complexity index is 331. The van der Waals surface area contributed by atoms with Gasteiger partial charge in [0.05, 0.1) is 12.2 Å². The van der Waals surface area contributed by atoms with Crippen molar-refractivity contribution in [1.29, 1.82) is 0 Å². The second kappa shape index (κ2) is 4.65. The fourth-order valence-electron chi connectivity index (χ4n) is 1.21. The van der Waals surface area contributed by atoms with Crippen molar-refractivity contribution in [2.75, 3.05) is 6.61 Å². The quantitative estimate of drug-likeness (QED) is 0.750. The standard InChI is InChI=1S/C11H14O3/c1-3-8-7-9(5-6-10(8)12)11(13)14-4-2/h5-7,12H,3-4H2,1-2H3. The first-order valence-electron chi connectivity index (χ1n) is 4.68. The summed E-state index contributed by atoms with van der Waals surface area (Å²) < 4.78 is 4.85. The van der Waals surface area contributed by atoms with Gasteiger partial charge in [0, 0.05) is 0 Å². The molecular formula is C11H14O3. The molecule has 0 saturated carbocycles. The van der Waals surface area contributed by atoms with Crippen molar-refractivity contribution in [3.8, 4) is 5.75 Å². The fourth-order valence-corrected chi connectivity index (χ4v) is 1.21. The number of esters is 1. The second-order valence-corrected chi connectivity index (χ2v) is 2.92. The zero-order valence-electron chi connectivity index (χ0n) is 8.41. The molecule has 3 nitrogen and oxygen atoms in total. The Morgan fingerprint density at radius 3 is 2.71 bits per heavy atom. The number of ether oxygens (including phenoxy) is 1. The van der Waals surface area contributed by atoms with E-state index >= 15 is 0 Å². The summed E-state index contributed by atoms with van der Waals surface area (Å²) in [4.78, 5) is 11.3. The molecule has 0 aliphatic carbocycles. The minimum Gasteiger partial charge on any atom is -0.508 e. The van der Waals surface area contributed by atoms with Crippen molar-refractivity contribution in [1.82, 2.24) is 0 Å². The lowest BCUT2D eigenvalue weighted by atomic mass is 10.1. The van der Waals surface area contributed by atoms with Gasteiger partial charge in [-0.2, -0.15) is 0 Å². The Morgan fingerprint density at radius 2 is 2.14 bits per heavy atom. The highest BCUT2D eigenvalue weighted by Crippen LogP contribution is 2.19. The predicted octanol–water partition coefficient (Wildman–Crippen LogP) is 2.13. The van der Waals surface area contributed by atoms with Crippen molar-refractivity contribution < 1.29 is 14.6 Å². The monoisotopic (exact) mass is 194 g/mol. The third kappa shape index (κ3) is 2.25. The molecule has 0 fully saturated rings. The molecule has 0 radical (unpaired) electrons. The first kappa shape index (κ1) is 10.6. The molecule has 0 spiro atoms. The van der Waals surface area contributed by atoms with Crippen molar-refractivity contribution in [2.24, 2.45) is 0 Å². The number of aryl methyl sites for hydroxylation is 1. The molecule has 1 rings (SSSR count). The largest absolute Gasteiger partial charge is 0.508 e. The number of hydrogen-bond acceptors (Lipinski definition) is 3. The highest BCUT2D eigenvalue weighted by molar-refractivity contribution is 5.89. The average molecular weight is 194 g/mol. The van der Waals surface area contributed by atoms with Crippen LogP contribution in [0.15, 0.2) is 18.2 Å². The van der Waals surface area contributed by atoms with Crippen LogP contribution in [0.2, 0.25) is 0 Å². The van der Waals surface area contributed by atoms with Crippen molar-refractivity contribution in [2.45, 2.75) is 20.3 Å². The van der Waals surface area contributed by atoms with Crippen molar-refractivity contribution in [3.63, 3.8) is 0 Å². The molecule has 0 saturated heterocycles. The first-order chi connectivity index (χ1) is 6.69. The van der Waals surface area contributed by atoms with E-state index in [0.717, 1.165) is 5.56 Å². The van der Waals surface area contributed by atoms with Gasteiger partial charge in [0.15, 0.2) is 0 Å². The molecule has 1 N–H and O–H groups in total. The summed E-state index contributed by atoms with van der Waals surface area (Å²) >= 11 is 0. The van der Waals surface area contributed by atoms with Crippen LogP contribution in [-0.2, 0) is 11.2 Å². The van der Waals surface area contributed by atoms with E-state index in [1.165, 1.54) is 6.07 Å². The van der Waals surface area contributed by atoms with Crippen molar-refractivity contribution >= 4 is 5.97 Å². The van der Waals surface area contributed by atoms with Crippen LogP contribution in [0.4, 0.5) is 0 Å². The summed E-state index contributed by atoms with van der Waals surface area (Å²) in [5.74, 6) is -0.122. The highest BCUT2D eigenvalue weighted by atomic mass is 16.5. The molecule has 3 heteroatoms. The molecule has 0 aromatic heterocycles. The molecule has 1 aromatic rings. The molecule has 0 aliphatic rings. The van der Waals surface area contributed by atoms with Gasteiger partial charge in [-0.05, 0) is 37.1 Å². The van der Waals surface area contributed by atoms with Crippen LogP contribution >= 0.6 is 0 Å². The number of phenolic OH excluding ortho intramolecular Hbond substituents is 1. The molecule has 14 heavy (non-hydrogen) atoms. The summed E-state index contributed by atoms with van der Waals surface area (Å²) in [5, 5.41) is 9.39. The Morgan fingerprint density at radius 1 is 1.43 bits per heavy atom. The summed E-state index contributed by atoms with van der Waals surface area (Å²) in [6.07, 6.45) is 0.694. The van der Waals surface area contributed by atoms with Crippen LogP contribution in [0.5, 0.6) is 5.75 Å². The number of benzene rings is 1. The summed E-state index contributed by atoms with van der Waals surface area (Å²) in [6, 6.07) is 4.74. The van der Waals surface area contributed by atoms with E-state index in [9.17, 15) is 9.90 Å². The SMILES string of the molecule is CCOC(=O)c1ccc(O)c(CC)c1. The molecule has 0 atom stereocenters. The lowest BCUT2D eigenvalue weighted by Gasteiger charge is -2.05. The Kier molecular flexibility index (Phi) is 3.51. The predicted molar refractivity (Wildman–Crippen MR) is 53.4 cm³/mol. The fraction of sp³-hybridized carbons (Fsp3) is 0.364. The van der Waals surface area contributed by atoms with Gasteiger partial charge < -0.3 is 9.84 Å². The van der Waals surface area contributed by atoms with E-state index in [-0.39, 0.29) is 11.7 Å². The maximum atomic E-state index is 11.3. The van der Waals surface area contributed by atoms with Gasteiger partial charge in [-0.15, -0.1) is 0 Å². The van der Waals surface area contributed by atoms with Crippen molar-refractivity contribution in [3.05, 3.63) is 29.3 Å². The van der Waals surface area contributed by atoms with E-state index < -0.39 is 0 Å². The lowest BCUT2D eigenvalue weighted by molar-refractivity contribution is 0.0526. The number of carbonyl (C=O) groups excluding carboxylic acids is 1. The second-order valence-electron chi connectivity index (χ2n) is 2.92. The van der Waals surface area contributed by atoms with E-state index in [1.807, 2.05) is 6.92 Å². The first-order valence-corrected chi connectivity index (χ1v) is 4.68. The lowest BCUT2D eigenvalue weighted by Crippen LogP contribution is -2.04. The van der Waals surface area contributed by atoms with Gasteiger partial charge in [0.1, 0.15) is 5.75 Å². The smallest absolute Gasteiger partial charge is 0.338 e. The maximum absolute atomic E-state index is 11.3. The Labute approximate surface area is 83.3 Å². The normalized spacial score (nSPS) is 9.86. The van der Waals surface area contributed by atoms with Gasteiger partial charge in [-0.25, -0.2) is 4.79 Å². The topological polar surface area (TPSA) is 46.5 Å². The summed E-state index contributed by atoms with van der Waals surface area (Å²) in [6.45, 7) is 4.05. The number of hydrogen-bond donors (Lipinski definition) is 1. The third-order valence-electron chi connectivity index (χ3n) is 1.97. The van der Waals surface area contributed by atoms with Crippen LogP contribution in [-0.4, -0.2) is 17.7 Å². The van der Waals surface area contributed by atoms with Gasteiger partial charge in [0.25, 0.3) is 0 Å². The van der Waals surface area contributed by atoms with Crippen LogP contribution in [0.3, 0.4) is 0 Å². The van der Waals surface area contributed by atoms with Crippen LogP contribution in [0.1, 0.15) is 29.8 Å². The molecule has 0 unspecified atom stereocenters. The molecule has 1 aromatic carbocycles.